The molecule has 2 N–H and O–H groups in total. The fourth-order valence-corrected chi connectivity index (χ4v) is 1.81. The van der Waals surface area contributed by atoms with E-state index in [-0.39, 0.29) is 22.8 Å². The summed E-state index contributed by atoms with van der Waals surface area (Å²) in [6.07, 6.45) is -0.232. The van der Waals surface area contributed by atoms with Gasteiger partial charge in [-0.1, -0.05) is 17.7 Å². The SMILES string of the molecule is O=C(Cc1ccc(F)cc1F)Nc1ccc(O)c(Cl)c1. The van der Waals surface area contributed by atoms with E-state index < -0.39 is 17.5 Å². The standard InChI is InChI=1S/C14H10ClF2NO2/c15-11-7-10(3-4-13(11)19)18-14(20)5-8-1-2-9(16)6-12(8)17/h1-4,6-7,19H,5H2,(H,18,20). The number of phenolic OH excluding ortho intramolecular Hbond substituents is 1. The molecule has 0 saturated heterocycles. The van der Waals surface area contributed by atoms with Crippen LogP contribution in [0.4, 0.5) is 14.5 Å². The van der Waals surface area contributed by atoms with E-state index in [1.807, 2.05) is 0 Å². The van der Waals surface area contributed by atoms with Gasteiger partial charge in [-0.2, -0.15) is 0 Å². The summed E-state index contributed by atoms with van der Waals surface area (Å²) in [6.45, 7) is 0. The van der Waals surface area contributed by atoms with Crippen LogP contribution in [0, 0.1) is 11.6 Å². The highest BCUT2D eigenvalue weighted by molar-refractivity contribution is 6.32. The van der Waals surface area contributed by atoms with E-state index in [2.05, 4.69) is 5.32 Å². The molecular weight excluding hydrogens is 288 g/mol. The molecule has 2 rings (SSSR count). The lowest BCUT2D eigenvalue weighted by molar-refractivity contribution is -0.115. The van der Waals surface area contributed by atoms with Crippen LogP contribution >= 0.6 is 11.6 Å². The summed E-state index contributed by atoms with van der Waals surface area (Å²) in [5.74, 6) is -2.05. The first-order valence-corrected chi connectivity index (χ1v) is 6.06. The van der Waals surface area contributed by atoms with Gasteiger partial charge in [0.15, 0.2) is 0 Å². The largest absolute Gasteiger partial charge is 0.506 e. The molecule has 0 bridgehead atoms. The molecule has 3 nitrogen and oxygen atoms in total. The van der Waals surface area contributed by atoms with E-state index in [0.717, 1.165) is 12.1 Å². The molecule has 0 saturated carbocycles. The van der Waals surface area contributed by atoms with E-state index in [1.54, 1.807) is 0 Å². The van der Waals surface area contributed by atoms with Crippen LogP contribution in [-0.4, -0.2) is 11.0 Å². The third-order valence-electron chi connectivity index (χ3n) is 2.60. The van der Waals surface area contributed by atoms with Crippen molar-refractivity contribution in [3.63, 3.8) is 0 Å². The van der Waals surface area contributed by atoms with Crippen molar-refractivity contribution in [3.8, 4) is 5.75 Å². The number of phenols is 1. The summed E-state index contributed by atoms with van der Waals surface area (Å²) < 4.78 is 26.1. The second kappa shape index (κ2) is 5.88. The van der Waals surface area contributed by atoms with Crippen molar-refractivity contribution < 1.29 is 18.7 Å². The fourth-order valence-electron chi connectivity index (χ4n) is 1.63. The maximum absolute atomic E-state index is 13.4. The third kappa shape index (κ3) is 3.45. The summed E-state index contributed by atoms with van der Waals surface area (Å²) in [5, 5.41) is 11.8. The van der Waals surface area contributed by atoms with Crippen molar-refractivity contribution in [1.29, 1.82) is 0 Å². The third-order valence-corrected chi connectivity index (χ3v) is 2.90. The van der Waals surface area contributed by atoms with E-state index in [0.29, 0.717) is 5.69 Å². The van der Waals surface area contributed by atoms with E-state index in [4.69, 9.17) is 11.6 Å². The van der Waals surface area contributed by atoms with Gasteiger partial charge in [0.25, 0.3) is 0 Å². The van der Waals surface area contributed by atoms with Crippen LogP contribution in [0.25, 0.3) is 0 Å². The van der Waals surface area contributed by atoms with E-state index in [1.165, 1.54) is 24.3 Å². The summed E-state index contributed by atoms with van der Waals surface area (Å²) in [4.78, 5) is 11.7. The van der Waals surface area contributed by atoms with E-state index >= 15 is 0 Å². The molecular formula is C14H10ClF2NO2. The predicted octanol–water partition coefficient (Wildman–Crippen LogP) is 3.51. The number of aromatic hydroxyl groups is 1. The van der Waals surface area contributed by atoms with Crippen LogP contribution in [0.5, 0.6) is 5.75 Å². The second-order valence-electron chi connectivity index (χ2n) is 4.13. The van der Waals surface area contributed by atoms with Crippen LogP contribution in [0.3, 0.4) is 0 Å². The summed E-state index contributed by atoms with van der Waals surface area (Å²) in [5.41, 5.74) is 0.467. The Kier molecular flexibility index (Phi) is 4.20. The van der Waals surface area contributed by atoms with Crippen molar-refractivity contribution in [3.05, 3.63) is 58.6 Å². The van der Waals surface area contributed by atoms with Gasteiger partial charge in [-0.3, -0.25) is 4.79 Å². The summed E-state index contributed by atoms with van der Waals surface area (Å²) >= 11 is 5.70. The molecule has 0 aliphatic carbocycles. The number of anilines is 1. The molecule has 0 aromatic heterocycles. The van der Waals surface area contributed by atoms with Crippen molar-refractivity contribution in [2.24, 2.45) is 0 Å². The smallest absolute Gasteiger partial charge is 0.228 e. The van der Waals surface area contributed by atoms with Gasteiger partial charge in [0.05, 0.1) is 11.4 Å². The lowest BCUT2D eigenvalue weighted by atomic mass is 10.1. The molecule has 0 radical (unpaired) electrons. The lowest BCUT2D eigenvalue weighted by Gasteiger charge is -2.07. The molecule has 0 unspecified atom stereocenters. The van der Waals surface area contributed by atoms with Gasteiger partial charge in [-0.15, -0.1) is 0 Å². The number of carbonyl (C=O) groups is 1. The zero-order valence-corrected chi connectivity index (χ0v) is 10.9. The van der Waals surface area contributed by atoms with Crippen molar-refractivity contribution in [2.45, 2.75) is 6.42 Å². The first-order chi connectivity index (χ1) is 9.45. The Morgan fingerprint density at radius 2 is 1.95 bits per heavy atom. The number of nitrogens with one attached hydrogen (secondary N) is 1. The average Bonchev–Trinajstić information content (AvgIpc) is 2.37. The maximum Gasteiger partial charge on any atom is 0.228 e. The van der Waals surface area contributed by atoms with Gasteiger partial charge in [0.2, 0.25) is 5.91 Å². The number of amides is 1. The van der Waals surface area contributed by atoms with Gasteiger partial charge in [0, 0.05) is 11.8 Å². The quantitative estimate of drug-likeness (QED) is 0.852. The highest BCUT2D eigenvalue weighted by Crippen LogP contribution is 2.26. The Labute approximate surface area is 118 Å². The van der Waals surface area contributed by atoms with Gasteiger partial charge in [-0.25, -0.2) is 8.78 Å². The fraction of sp³-hybridized carbons (Fsp3) is 0.0714. The van der Waals surface area contributed by atoms with Crippen LogP contribution in [0.1, 0.15) is 5.56 Å². The average molecular weight is 298 g/mol. The molecule has 1 amide bonds. The number of halogens is 3. The molecule has 0 atom stereocenters. The Balaban J connectivity index is 2.07. The number of carbonyl (C=O) groups excluding carboxylic acids is 1. The van der Waals surface area contributed by atoms with Crippen molar-refractivity contribution >= 4 is 23.2 Å². The minimum absolute atomic E-state index is 0.0915. The molecule has 0 fully saturated rings. The molecule has 0 aliphatic heterocycles. The molecule has 104 valence electrons. The first-order valence-electron chi connectivity index (χ1n) is 5.68. The zero-order chi connectivity index (χ0) is 14.7. The molecule has 0 aliphatic rings. The lowest BCUT2D eigenvalue weighted by Crippen LogP contribution is -2.15. The minimum Gasteiger partial charge on any atom is -0.506 e. The molecule has 2 aromatic rings. The zero-order valence-electron chi connectivity index (χ0n) is 10.2. The molecule has 0 heterocycles. The molecule has 2 aromatic carbocycles. The molecule has 20 heavy (non-hydrogen) atoms. The predicted molar refractivity (Wildman–Crippen MR) is 71.8 cm³/mol. The summed E-state index contributed by atoms with van der Waals surface area (Å²) in [6, 6.07) is 7.18. The first kappa shape index (κ1) is 14.3. The van der Waals surface area contributed by atoms with Gasteiger partial charge >= 0.3 is 0 Å². The molecule has 0 spiro atoms. The summed E-state index contributed by atoms with van der Waals surface area (Å²) in [7, 11) is 0. The number of hydrogen-bond donors (Lipinski definition) is 2. The van der Waals surface area contributed by atoms with Crippen LogP contribution in [-0.2, 0) is 11.2 Å². The number of hydrogen-bond acceptors (Lipinski definition) is 2. The van der Waals surface area contributed by atoms with Crippen molar-refractivity contribution in [2.75, 3.05) is 5.32 Å². The van der Waals surface area contributed by atoms with Crippen LogP contribution < -0.4 is 5.32 Å². The normalized spacial score (nSPS) is 10.3. The van der Waals surface area contributed by atoms with Gasteiger partial charge < -0.3 is 10.4 Å². The Bertz CT molecular complexity index is 662. The Morgan fingerprint density at radius 1 is 1.20 bits per heavy atom. The number of rotatable bonds is 3. The minimum atomic E-state index is -0.774. The highest BCUT2D eigenvalue weighted by atomic mass is 35.5. The van der Waals surface area contributed by atoms with Crippen molar-refractivity contribution in [1.82, 2.24) is 0 Å². The van der Waals surface area contributed by atoms with Gasteiger partial charge in [-0.05, 0) is 29.8 Å². The highest BCUT2D eigenvalue weighted by Gasteiger charge is 2.10. The second-order valence-corrected chi connectivity index (χ2v) is 4.53. The molecule has 6 heteroatoms. The monoisotopic (exact) mass is 297 g/mol. The van der Waals surface area contributed by atoms with E-state index in [9.17, 15) is 18.7 Å². The van der Waals surface area contributed by atoms with Crippen LogP contribution in [0.15, 0.2) is 36.4 Å². The topological polar surface area (TPSA) is 49.3 Å². The maximum atomic E-state index is 13.4. The number of benzene rings is 2. The van der Waals surface area contributed by atoms with Gasteiger partial charge in [0.1, 0.15) is 17.4 Å². The van der Waals surface area contributed by atoms with Crippen LogP contribution in [0.2, 0.25) is 5.02 Å². The Morgan fingerprint density at radius 3 is 2.60 bits per heavy atom. The Hall–Kier alpha value is -2.14.